The molecule has 106 valence electrons. The molecular formula is C13H14ClN3O2S. The molecule has 1 aromatic carbocycles. The minimum absolute atomic E-state index is 0.118. The summed E-state index contributed by atoms with van der Waals surface area (Å²) < 4.78 is 4.29. The van der Waals surface area contributed by atoms with Crippen molar-refractivity contribution in [2.75, 3.05) is 5.32 Å². The molecule has 0 radical (unpaired) electrons. The van der Waals surface area contributed by atoms with Gasteiger partial charge in [0.05, 0.1) is 16.3 Å². The van der Waals surface area contributed by atoms with Crippen LogP contribution in [0.15, 0.2) is 18.2 Å². The Morgan fingerprint density at radius 2 is 2.10 bits per heavy atom. The molecule has 0 saturated carbocycles. The Labute approximate surface area is 125 Å². The van der Waals surface area contributed by atoms with E-state index < -0.39 is 5.97 Å². The number of hydrogen-bond donors (Lipinski definition) is 2. The van der Waals surface area contributed by atoms with Crippen LogP contribution in [0.4, 0.5) is 10.8 Å². The van der Waals surface area contributed by atoms with E-state index in [9.17, 15) is 4.79 Å². The van der Waals surface area contributed by atoms with Crippen molar-refractivity contribution in [2.45, 2.75) is 26.2 Å². The molecule has 0 saturated heterocycles. The largest absolute Gasteiger partial charge is 0.478 e. The lowest BCUT2D eigenvalue weighted by atomic mass is 9.96. The lowest BCUT2D eigenvalue weighted by molar-refractivity contribution is 0.0697. The standard InChI is InChI=1S/C13H14ClN3O2S/c1-13(2,3)11-16-12(20-17-11)15-9-5-4-7(10(18)19)6-8(9)14/h4-6H,1-3H3,(H,18,19)(H,15,16,17). The number of hydrogen-bond acceptors (Lipinski definition) is 5. The van der Waals surface area contributed by atoms with Gasteiger partial charge < -0.3 is 10.4 Å². The maximum absolute atomic E-state index is 10.8. The molecule has 1 aromatic heterocycles. The normalized spacial score (nSPS) is 11.4. The van der Waals surface area contributed by atoms with E-state index in [0.717, 1.165) is 5.82 Å². The van der Waals surface area contributed by atoms with Gasteiger partial charge in [0.15, 0.2) is 0 Å². The van der Waals surface area contributed by atoms with Crippen molar-refractivity contribution in [1.29, 1.82) is 0 Å². The SMILES string of the molecule is CC(C)(C)c1nsc(Nc2ccc(C(=O)O)cc2Cl)n1. The number of carbonyl (C=O) groups is 1. The Morgan fingerprint density at radius 3 is 2.60 bits per heavy atom. The fraction of sp³-hybridized carbons (Fsp3) is 0.308. The van der Waals surface area contributed by atoms with Gasteiger partial charge in [-0.1, -0.05) is 32.4 Å². The summed E-state index contributed by atoms with van der Waals surface area (Å²) in [5.74, 6) is -0.257. The highest BCUT2D eigenvalue weighted by Crippen LogP contribution is 2.29. The van der Waals surface area contributed by atoms with Gasteiger partial charge in [-0.25, -0.2) is 9.78 Å². The Morgan fingerprint density at radius 1 is 1.40 bits per heavy atom. The summed E-state index contributed by atoms with van der Waals surface area (Å²) in [7, 11) is 0. The molecule has 0 unspecified atom stereocenters. The summed E-state index contributed by atoms with van der Waals surface area (Å²) in [5.41, 5.74) is 0.634. The summed E-state index contributed by atoms with van der Waals surface area (Å²) in [6.07, 6.45) is 0. The van der Waals surface area contributed by atoms with Gasteiger partial charge in [-0.05, 0) is 18.2 Å². The van der Waals surface area contributed by atoms with E-state index in [1.165, 1.54) is 23.7 Å². The fourth-order valence-corrected chi connectivity index (χ4v) is 2.44. The zero-order chi connectivity index (χ0) is 14.9. The van der Waals surface area contributed by atoms with E-state index in [1.807, 2.05) is 20.8 Å². The molecule has 2 aromatic rings. The van der Waals surface area contributed by atoms with Crippen LogP contribution in [0.25, 0.3) is 0 Å². The maximum Gasteiger partial charge on any atom is 0.335 e. The number of carboxylic acid groups (broad SMARTS) is 1. The first-order valence-corrected chi connectivity index (χ1v) is 7.06. The Hall–Kier alpha value is -1.66. The van der Waals surface area contributed by atoms with Crippen LogP contribution in [0.2, 0.25) is 5.02 Å². The molecule has 2 rings (SSSR count). The lowest BCUT2D eigenvalue weighted by Crippen LogP contribution is -2.13. The predicted molar refractivity (Wildman–Crippen MR) is 80.3 cm³/mol. The second-order valence-corrected chi connectivity index (χ2v) is 6.46. The van der Waals surface area contributed by atoms with Crippen LogP contribution >= 0.6 is 23.1 Å². The number of carboxylic acids is 1. The van der Waals surface area contributed by atoms with Crippen molar-refractivity contribution in [3.8, 4) is 0 Å². The van der Waals surface area contributed by atoms with Crippen molar-refractivity contribution >= 4 is 39.9 Å². The number of nitrogens with zero attached hydrogens (tertiary/aromatic N) is 2. The highest BCUT2D eigenvalue weighted by molar-refractivity contribution is 7.09. The lowest BCUT2D eigenvalue weighted by Gasteiger charge is -2.12. The van der Waals surface area contributed by atoms with Gasteiger partial charge in [0.25, 0.3) is 0 Å². The third-order valence-corrected chi connectivity index (χ3v) is 3.50. The quantitative estimate of drug-likeness (QED) is 0.898. The number of nitrogens with one attached hydrogen (secondary N) is 1. The second-order valence-electron chi connectivity index (χ2n) is 5.30. The van der Waals surface area contributed by atoms with Crippen molar-refractivity contribution in [3.05, 3.63) is 34.6 Å². The highest BCUT2D eigenvalue weighted by Gasteiger charge is 2.19. The van der Waals surface area contributed by atoms with Gasteiger partial charge in [0.1, 0.15) is 5.82 Å². The molecule has 0 bridgehead atoms. The van der Waals surface area contributed by atoms with Crippen molar-refractivity contribution in [2.24, 2.45) is 0 Å². The van der Waals surface area contributed by atoms with Crippen LogP contribution in [0.5, 0.6) is 0 Å². The van der Waals surface area contributed by atoms with Crippen LogP contribution in [0.3, 0.4) is 0 Å². The number of anilines is 2. The van der Waals surface area contributed by atoms with E-state index in [4.69, 9.17) is 16.7 Å². The number of benzene rings is 1. The molecule has 0 spiro atoms. The number of halogens is 1. The minimum atomic E-state index is -1.01. The zero-order valence-electron chi connectivity index (χ0n) is 11.3. The smallest absolute Gasteiger partial charge is 0.335 e. The van der Waals surface area contributed by atoms with Crippen LogP contribution in [-0.2, 0) is 5.41 Å². The van der Waals surface area contributed by atoms with E-state index in [0.29, 0.717) is 15.8 Å². The Balaban J connectivity index is 2.22. The van der Waals surface area contributed by atoms with E-state index >= 15 is 0 Å². The fourth-order valence-electron chi connectivity index (χ4n) is 1.44. The molecule has 0 aliphatic heterocycles. The first kappa shape index (κ1) is 14.7. The zero-order valence-corrected chi connectivity index (χ0v) is 12.8. The first-order chi connectivity index (χ1) is 9.27. The number of aromatic nitrogens is 2. The summed E-state index contributed by atoms with van der Waals surface area (Å²) in [4.78, 5) is 15.2. The van der Waals surface area contributed by atoms with Gasteiger partial charge in [0.2, 0.25) is 5.13 Å². The van der Waals surface area contributed by atoms with Crippen LogP contribution in [0, 0.1) is 0 Å². The van der Waals surface area contributed by atoms with Crippen molar-refractivity contribution < 1.29 is 9.90 Å². The van der Waals surface area contributed by atoms with Gasteiger partial charge in [-0.3, -0.25) is 0 Å². The van der Waals surface area contributed by atoms with Gasteiger partial charge >= 0.3 is 5.97 Å². The van der Waals surface area contributed by atoms with Gasteiger partial charge in [0, 0.05) is 16.9 Å². The molecule has 2 N–H and O–H groups in total. The van der Waals surface area contributed by atoms with Crippen LogP contribution in [0.1, 0.15) is 37.0 Å². The molecule has 0 aliphatic rings. The van der Waals surface area contributed by atoms with E-state index in [1.54, 1.807) is 6.07 Å². The van der Waals surface area contributed by atoms with Crippen LogP contribution in [-0.4, -0.2) is 20.4 Å². The topological polar surface area (TPSA) is 75.1 Å². The molecule has 0 amide bonds. The monoisotopic (exact) mass is 311 g/mol. The molecule has 7 heteroatoms. The molecule has 0 fully saturated rings. The summed E-state index contributed by atoms with van der Waals surface area (Å²) in [6, 6.07) is 4.50. The molecule has 0 atom stereocenters. The van der Waals surface area contributed by atoms with E-state index in [-0.39, 0.29) is 11.0 Å². The van der Waals surface area contributed by atoms with Gasteiger partial charge in [-0.15, -0.1) is 0 Å². The first-order valence-electron chi connectivity index (χ1n) is 5.91. The molecule has 1 heterocycles. The molecule has 0 aliphatic carbocycles. The second kappa shape index (κ2) is 5.38. The van der Waals surface area contributed by atoms with Crippen molar-refractivity contribution in [1.82, 2.24) is 9.36 Å². The Kier molecular flexibility index (Phi) is 3.96. The highest BCUT2D eigenvalue weighted by atomic mass is 35.5. The summed E-state index contributed by atoms with van der Waals surface area (Å²) >= 11 is 7.29. The molecule has 20 heavy (non-hydrogen) atoms. The average Bonchev–Trinajstić information content (AvgIpc) is 2.80. The number of aromatic carboxylic acids is 1. The Bertz CT molecular complexity index is 649. The summed E-state index contributed by atoms with van der Waals surface area (Å²) in [5, 5.41) is 12.9. The molecule has 5 nitrogen and oxygen atoms in total. The average molecular weight is 312 g/mol. The molecular weight excluding hydrogens is 298 g/mol. The predicted octanol–water partition coefficient (Wildman–Crippen LogP) is 3.93. The van der Waals surface area contributed by atoms with Gasteiger partial charge in [-0.2, -0.15) is 4.37 Å². The van der Waals surface area contributed by atoms with Crippen molar-refractivity contribution in [3.63, 3.8) is 0 Å². The third kappa shape index (κ3) is 3.26. The third-order valence-electron chi connectivity index (χ3n) is 2.55. The van der Waals surface area contributed by atoms with E-state index in [2.05, 4.69) is 14.7 Å². The summed E-state index contributed by atoms with van der Waals surface area (Å²) in [6.45, 7) is 6.11. The maximum atomic E-state index is 10.8. The minimum Gasteiger partial charge on any atom is -0.478 e. The number of rotatable bonds is 3. The van der Waals surface area contributed by atoms with Crippen LogP contribution < -0.4 is 5.32 Å².